The van der Waals surface area contributed by atoms with Gasteiger partial charge in [-0.25, -0.2) is 0 Å². The van der Waals surface area contributed by atoms with Gasteiger partial charge >= 0.3 is 0 Å². The fourth-order valence-corrected chi connectivity index (χ4v) is 2.16. The van der Waals surface area contributed by atoms with E-state index in [1.54, 1.807) is 0 Å². The third-order valence-electron chi connectivity index (χ3n) is 3.36. The number of hydrogen-bond donors (Lipinski definition) is 3. The van der Waals surface area contributed by atoms with E-state index < -0.39 is 0 Å². The lowest BCUT2D eigenvalue weighted by Gasteiger charge is -2.11. The van der Waals surface area contributed by atoms with E-state index in [2.05, 4.69) is 15.8 Å². The summed E-state index contributed by atoms with van der Waals surface area (Å²) in [5.74, 6) is 0. The quantitative estimate of drug-likeness (QED) is 0.382. The van der Waals surface area contributed by atoms with E-state index in [-0.39, 0.29) is 6.04 Å². The average molecular weight is 292 g/mol. The summed E-state index contributed by atoms with van der Waals surface area (Å²) in [5.41, 5.74) is 6.59. The second kappa shape index (κ2) is 12.4. The van der Waals surface area contributed by atoms with Crippen molar-refractivity contribution in [3.05, 3.63) is 40.8 Å². The van der Waals surface area contributed by atoms with Crippen LogP contribution < -0.4 is 16.4 Å². The van der Waals surface area contributed by atoms with Crippen LogP contribution in [0.25, 0.3) is 0 Å². The van der Waals surface area contributed by atoms with Crippen molar-refractivity contribution in [2.45, 2.75) is 31.7 Å². The van der Waals surface area contributed by atoms with Crippen molar-refractivity contribution in [3.63, 3.8) is 0 Å². The molecule has 0 fully saturated rings. The highest BCUT2D eigenvalue weighted by molar-refractivity contribution is 5.16. The molecule has 0 aliphatic heterocycles. The highest BCUT2D eigenvalue weighted by Gasteiger charge is 2.08. The van der Waals surface area contributed by atoms with Crippen molar-refractivity contribution >= 4 is 0 Å². The second-order valence-electron chi connectivity index (χ2n) is 5.25. The zero-order valence-corrected chi connectivity index (χ0v) is 12.8. The van der Waals surface area contributed by atoms with E-state index in [0.717, 1.165) is 51.0 Å². The molecule has 118 valence electrons. The molecule has 5 heteroatoms. The first-order valence-electron chi connectivity index (χ1n) is 7.84. The zero-order chi connectivity index (χ0) is 15.2. The summed E-state index contributed by atoms with van der Waals surface area (Å²) in [6, 6.07) is 9.82. The lowest BCUT2D eigenvalue weighted by molar-refractivity contribution is 0.540. The number of nitrogens with zero attached hydrogens (tertiary/aromatic N) is 1. The highest BCUT2D eigenvalue weighted by Crippen LogP contribution is 2.05. The van der Waals surface area contributed by atoms with E-state index in [1.165, 1.54) is 0 Å². The van der Waals surface area contributed by atoms with Gasteiger partial charge in [-0.05, 0) is 57.4 Å². The molecular formula is C16H28N4O. The molecule has 0 heterocycles. The van der Waals surface area contributed by atoms with E-state index in [1.807, 2.05) is 30.3 Å². The molecule has 0 bridgehead atoms. The number of nitrogens with two attached hydrogens (primary N) is 1. The number of hydrogen-bond acceptors (Lipinski definition) is 5. The smallest absolute Gasteiger partial charge is 0.108 e. The van der Waals surface area contributed by atoms with Crippen molar-refractivity contribution in [2.75, 3.05) is 32.7 Å². The van der Waals surface area contributed by atoms with Crippen molar-refractivity contribution in [3.8, 4) is 0 Å². The summed E-state index contributed by atoms with van der Waals surface area (Å²) in [7, 11) is 0. The Hall–Kier alpha value is -1.30. The molecule has 1 rings (SSSR count). The Kier molecular flexibility index (Phi) is 10.5. The van der Waals surface area contributed by atoms with Crippen molar-refractivity contribution in [1.82, 2.24) is 10.6 Å². The lowest BCUT2D eigenvalue weighted by Crippen LogP contribution is -2.29. The van der Waals surface area contributed by atoms with E-state index in [0.29, 0.717) is 13.0 Å². The molecule has 1 unspecified atom stereocenters. The summed E-state index contributed by atoms with van der Waals surface area (Å²) in [4.78, 5) is 10.9. The SMILES string of the molecule is NCCCCNCCCNCC(Cc1ccccc1)N=O. The van der Waals surface area contributed by atoms with E-state index in [4.69, 9.17) is 5.73 Å². The normalized spacial score (nSPS) is 12.2. The maximum absolute atomic E-state index is 10.9. The fraction of sp³-hybridized carbons (Fsp3) is 0.625. The molecule has 0 aromatic heterocycles. The van der Waals surface area contributed by atoms with Crippen molar-refractivity contribution in [1.29, 1.82) is 0 Å². The van der Waals surface area contributed by atoms with Crippen LogP contribution in [0.15, 0.2) is 35.5 Å². The van der Waals surface area contributed by atoms with Crippen LogP contribution in [0.5, 0.6) is 0 Å². The van der Waals surface area contributed by atoms with Gasteiger partial charge in [0.2, 0.25) is 0 Å². The first kappa shape index (κ1) is 17.8. The van der Waals surface area contributed by atoms with Gasteiger partial charge in [-0.2, -0.15) is 4.91 Å². The third kappa shape index (κ3) is 9.28. The standard InChI is InChI=1S/C16H28N4O/c17-9-4-5-10-18-11-6-12-19-14-16(20-21)13-15-7-2-1-3-8-15/h1-3,7-8,16,18-19H,4-6,9-14,17H2. The molecule has 0 radical (unpaired) electrons. The molecular weight excluding hydrogens is 264 g/mol. The van der Waals surface area contributed by atoms with Gasteiger partial charge in [0.15, 0.2) is 0 Å². The van der Waals surface area contributed by atoms with Gasteiger partial charge in [0.1, 0.15) is 6.04 Å². The number of nitroso groups, excluding NO2 is 1. The van der Waals surface area contributed by atoms with Crippen LogP contribution in [0.4, 0.5) is 0 Å². The summed E-state index contributed by atoms with van der Waals surface area (Å²) in [6.45, 7) is 4.35. The maximum Gasteiger partial charge on any atom is 0.108 e. The van der Waals surface area contributed by atoms with Gasteiger partial charge < -0.3 is 16.4 Å². The average Bonchev–Trinajstić information content (AvgIpc) is 2.53. The van der Waals surface area contributed by atoms with Crippen molar-refractivity contribution < 1.29 is 0 Å². The second-order valence-corrected chi connectivity index (χ2v) is 5.25. The van der Waals surface area contributed by atoms with Crippen molar-refractivity contribution in [2.24, 2.45) is 10.9 Å². The Balaban J connectivity index is 2.01. The minimum absolute atomic E-state index is 0.190. The molecule has 0 aliphatic carbocycles. The molecule has 4 N–H and O–H groups in total. The molecule has 21 heavy (non-hydrogen) atoms. The number of rotatable bonds is 13. The van der Waals surface area contributed by atoms with Gasteiger partial charge in [0, 0.05) is 6.54 Å². The number of unbranched alkanes of at least 4 members (excludes halogenated alkanes) is 1. The van der Waals surface area contributed by atoms with Gasteiger partial charge in [-0.15, -0.1) is 0 Å². The third-order valence-corrected chi connectivity index (χ3v) is 3.36. The van der Waals surface area contributed by atoms with Crippen LogP contribution >= 0.6 is 0 Å². The van der Waals surface area contributed by atoms with Crippen LogP contribution in [0, 0.1) is 4.91 Å². The van der Waals surface area contributed by atoms with Gasteiger partial charge in [-0.1, -0.05) is 35.5 Å². The monoisotopic (exact) mass is 292 g/mol. The first-order chi connectivity index (χ1) is 10.4. The Morgan fingerprint density at radius 2 is 1.71 bits per heavy atom. The maximum atomic E-state index is 10.9. The number of benzene rings is 1. The van der Waals surface area contributed by atoms with Crippen LogP contribution in [0.1, 0.15) is 24.8 Å². The minimum atomic E-state index is -0.190. The Labute approximate surface area is 127 Å². The fourth-order valence-electron chi connectivity index (χ4n) is 2.16. The molecule has 0 aliphatic rings. The summed E-state index contributed by atoms with van der Waals surface area (Å²) < 4.78 is 0. The van der Waals surface area contributed by atoms with Crippen LogP contribution in [0.2, 0.25) is 0 Å². The lowest BCUT2D eigenvalue weighted by atomic mass is 10.1. The predicted octanol–water partition coefficient (Wildman–Crippen LogP) is 1.67. The summed E-state index contributed by atoms with van der Waals surface area (Å²) >= 11 is 0. The van der Waals surface area contributed by atoms with E-state index in [9.17, 15) is 4.91 Å². The molecule has 1 aromatic rings. The van der Waals surface area contributed by atoms with Crippen LogP contribution in [-0.2, 0) is 6.42 Å². The molecule has 1 aromatic carbocycles. The topological polar surface area (TPSA) is 79.5 Å². The van der Waals surface area contributed by atoms with Crippen LogP contribution in [0.3, 0.4) is 0 Å². The molecule has 0 spiro atoms. The summed E-state index contributed by atoms with van der Waals surface area (Å²) in [5, 5.41) is 9.90. The van der Waals surface area contributed by atoms with Crippen LogP contribution in [-0.4, -0.2) is 38.8 Å². The van der Waals surface area contributed by atoms with Gasteiger partial charge in [0.25, 0.3) is 0 Å². The Bertz CT molecular complexity index is 359. The molecule has 0 saturated heterocycles. The largest absolute Gasteiger partial charge is 0.330 e. The zero-order valence-electron chi connectivity index (χ0n) is 12.8. The molecule has 0 amide bonds. The number of nitrogens with one attached hydrogen (secondary N) is 2. The van der Waals surface area contributed by atoms with Gasteiger partial charge in [-0.3, -0.25) is 0 Å². The van der Waals surface area contributed by atoms with E-state index >= 15 is 0 Å². The minimum Gasteiger partial charge on any atom is -0.330 e. The molecule has 1 atom stereocenters. The predicted molar refractivity (Wildman–Crippen MR) is 88.4 cm³/mol. The van der Waals surface area contributed by atoms with Gasteiger partial charge in [0.05, 0.1) is 0 Å². The Morgan fingerprint density at radius 1 is 1.00 bits per heavy atom. The molecule has 0 saturated carbocycles. The summed E-state index contributed by atoms with van der Waals surface area (Å²) in [6.07, 6.45) is 3.98. The molecule has 5 nitrogen and oxygen atoms in total. The highest BCUT2D eigenvalue weighted by atomic mass is 16.3. The Morgan fingerprint density at radius 3 is 2.43 bits per heavy atom. The first-order valence-corrected chi connectivity index (χ1v) is 7.84.